The zero-order valence-electron chi connectivity index (χ0n) is 11.4. The summed E-state index contributed by atoms with van der Waals surface area (Å²) in [7, 11) is 1.56. The van der Waals surface area contributed by atoms with Crippen LogP contribution in [0.5, 0.6) is 0 Å². The molecule has 0 radical (unpaired) electrons. The SMILES string of the molecule is COCCC(N)C(=O)NCCC(=O)N1CCOCC1. The summed E-state index contributed by atoms with van der Waals surface area (Å²) in [5, 5.41) is 2.66. The van der Waals surface area contributed by atoms with Crippen molar-refractivity contribution < 1.29 is 19.1 Å². The van der Waals surface area contributed by atoms with E-state index in [1.165, 1.54) is 0 Å². The van der Waals surface area contributed by atoms with E-state index in [4.69, 9.17) is 15.2 Å². The van der Waals surface area contributed by atoms with Gasteiger partial charge in [-0.05, 0) is 6.42 Å². The van der Waals surface area contributed by atoms with Crippen LogP contribution in [0.3, 0.4) is 0 Å². The lowest BCUT2D eigenvalue weighted by atomic mass is 10.2. The number of nitrogens with one attached hydrogen (secondary N) is 1. The Labute approximate surface area is 113 Å². The van der Waals surface area contributed by atoms with Crippen LogP contribution in [0, 0.1) is 0 Å². The quantitative estimate of drug-likeness (QED) is 0.602. The molecule has 2 amide bonds. The molecule has 1 aliphatic rings. The molecule has 0 spiro atoms. The molecule has 1 atom stereocenters. The normalized spacial score (nSPS) is 17.1. The van der Waals surface area contributed by atoms with Crippen LogP contribution in [0.2, 0.25) is 0 Å². The van der Waals surface area contributed by atoms with Crippen LogP contribution in [0.25, 0.3) is 0 Å². The summed E-state index contributed by atoms with van der Waals surface area (Å²) >= 11 is 0. The highest BCUT2D eigenvalue weighted by Gasteiger charge is 2.17. The first-order valence-corrected chi connectivity index (χ1v) is 6.53. The largest absolute Gasteiger partial charge is 0.385 e. The number of hydrogen-bond acceptors (Lipinski definition) is 5. The predicted molar refractivity (Wildman–Crippen MR) is 69.5 cm³/mol. The number of ether oxygens (including phenoxy) is 2. The summed E-state index contributed by atoms with van der Waals surface area (Å²) in [6.07, 6.45) is 0.766. The highest BCUT2D eigenvalue weighted by molar-refractivity contribution is 5.82. The van der Waals surface area contributed by atoms with Crippen LogP contribution < -0.4 is 11.1 Å². The fraction of sp³-hybridized carbons (Fsp3) is 0.833. The maximum absolute atomic E-state index is 11.8. The van der Waals surface area contributed by atoms with Gasteiger partial charge >= 0.3 is 0 Å². The van der Waals surface area contributed by atoms with E-state index in [0.29, 0.717) is 52.3 Å². The maximum atomic E-state index is 11.8. The van der Waals surface area contributed by atoms with Crippen LogP contribution in [0.1, 0.15) is 12.8 Å². The van der Waals surface area contributed by atoms with E-state index < -0.39 is 6.04 Å². The molecule has 110 valence electrons. The molecule has 1 saturated heterocycles. The van der Waals surface area contributed by atoms with Crippen molar-refractivity contribution in [3.63, 3.8) is 0 Å². The number of hydrogen-bond donors (Lipinski definition) is 2. The molecule has 0 aromatic rings. The number of carbonyl (C=O) groups is 2. The molecule has 19 heavy (non-hydrogen) atoms. The van der Waals surface area contributed by atoms with E-state index in [2.05, 4.69) is 5.32 Å². The summed E-state index contributed by atoms with van der Waals surface area (Å²) in [5.41, 5.74) is 5.66. The van der Waals surface area contributed by atoms with E-state index in [9.17, 15) is 9.59 Å². The Morgan fingerprint density at radius 2 is 2.11 bits per heavy atom. The first-order valence-electron chi connectivity index (χ1n) is 6.53. The summed E-state index contributed by atoms with van der Waals surface area (Å²) < 4.78 is 10.0. The predicted octanol–water partition coefficient (Wildman–Crippen LogP) is -1.28. The van der Waals surface area contributed by atoms with Gasteiger partial charge in [0.25, 0.3) is 0 Å². The average Bonchev–Trinajstić information content (AvgIpc) is 2.45. The molecule has 1 unspecified atom stereocenters. The number of carbonyl (C=O) groups excluding carboxylic acids is 2. The van der Waals surface area contributed by atoms with Gasteiger partial charge in [0.1, 0.15) is 0 Å². The molecule has 1 aliphatic heterocycles. The van der Waals surface area contributed by atoms with Gasteiger partial charge in [-0.3, -0.25) is 9.59 Å². The van der Waals surface area contributed by atoms with Crippen molar-refractivity contribution in [3.05, 3.63) is 0 Å². The molecule has 7 nitrogen and oxygen atoms in total. The molecular weight excluding hydrogens is 250 g/mol. The number of nitrogens with zero attached hydrogens (tertiary/aromatic N) is 1. The second-order valence-electron chi connectivity index (χ2n) is 4.42. The monoisotopic (exact) mass is 273 g/mol. The second kappa shape index (κ2) is 8.84. The van der Waals surface area contributed by atoms with Gasteiger partial charge in [-0.2, -0.15) is 0 Å². The fourth-order valence-corrected chi connectivity index (χ4v) is 1.77. The van der Waals surface area contributed by atoms with E-state index in [0.717, 1.165) is 0 Å². The molecule has 1 heterocycles. The lowest BCUT2D eigenvalue weighted by molar-refractivity contribution is -0.135. The molecule has 1 rings (SSSR count). The van der Waals surface area contributed by atoms with Crippen molar-refractivity contribution in [1.82, 2.24) is 10.2 Å². The number of nitrogens with two attached hydrogens (primary N) is 1. The Balaban J connectivity index is 2.14. The Morgan fingerprint density at radius 3 is 2.74 bits per heavy atom. The Morgan fingerprint density at radius 1 is 1.42 bits per heavy atom. The molecule has 7 heteroatoms. The van der Waals surface area contributed by atoms with Gasteiger partial charge in [-0.15, -0.1) is 0 Å². The lowest BCUT2D eigenvalue weighted by Crippen LogP contribution is -2.44. The van der Waals surface area contributed by atoms with Gasteiger partial charge in [0.15, 0.2) is 0 Å². The van der Waals surface area contributed by atoms with Crippen LogP contribution in [0.4, 0.5) is 0 Å². The van der Waals surface area contributed by atoms with Crippen LogP contribution in [0.15, 0.2) is 0 Å². The minimum Gasteiger partial charge on any atom is -0.385 e. The van der Waals surface area contributed by atoms with Crippen molar-refractivity contribution in [2.24, 2.45) is 5.73 Å². The standard InChI is InChI=1S/C12H23N3O4/c1-18-7-3-10(13)12(17)14-4-2-11(16)15-5-8-19-9-6-15/h10H,2-9,13H2,1H3,(H,14,17). The zero-order chi connectivity index (χ0) is 14.1. The number of rotatable bonds is 7. The number of morpholine rings is 1. The summed E-state index contributed by atoms with van der Waals surface area (Å²) in [4.78, 5) is 25.1. The number of methoxy groups -OCH3 is 1. The molecule has 3 N–H and O–H groups in total. The molecule has 0 aliphatic carbocycles. The van der Waals surface area contributed by atoms with Gasteiger partial charge in [0, 0.05) is 39.8 Å². The molecule has 1 fully saturated rings. The van der Waals surface area contributed by atoms with Crippen molar-refractivity contribution in [1.29, 1.82) is 0 Å². The topological polar surface area (TPSA) is 93.9 Å². The third-order valence-corrected chi connectivity index (χ3v) is 2.97. The molecule has 0 bridgehead atoms. The van der Waals surface area contributed by atoms with Crippen LogP contribution in [-0.4, -0.2) is 69.3 Å². The van der Waals surface area contributed by atoms with E-state index in [1.807, 2.05) is 0 Å². The minimum atomic E-state index is -0.585. The van der Waals surface area contributed by atoms with Gasteiger partial charge in [0.2, 0.25) is 11.8 Å². The number of amides is 2. The fourth-order valence-electron chi connectivity index (χ4n) is 1.77. The second-order valence-corrected chi connectivity index (χ2v) is 4.42. The van der Waals surface area contributed by atoms with E-state index >= 15 is 0 Å². The smallest absolute Gasteiger partial charge is 0.237 e. The molecule has 0 saturated carbocycles. The van der Waals surface area contributed by atoms with Crippen molar-refractivity contribution >= 4 is 11.8 Å². The average molecular weight is 273 g/mol. The van der Waals surface area contributed by atoms with Crippen molar-refractivity contribution in [3.8, 4) is 0 Å². The lowest BCUT2D eigenvalue weighted by Gasteiger charge is -2.26. The first kappa shape index (κ1) is 15.9. The molecule has 0 aromatic carbocycles. The van der Waals surface area contributed by atoms with Gasteiger partial charge in [0.05, 0.1) is 19.3 Å². The van der Waals surface area contributed by atoms with Crippen LogP contribution >= 0.6 is 0 Å². The van der Waals surface area contributed by atoms with E-state index in [-0.39, 0.29) is 11.8 Å². The third-order valence-electron chi connectivity index (χ3n) is 2.97. The van der Waals surface area contributed by atoms with Gasteiger partial charge < -0.3 is 25.4 Å². The summed E-state index contributed by atoms with van der Waals surface area (Å²) in [5.74, 6) is -0.208. The highest BCUT2D eigenvalue weighted by atomic mass is 16.5. The molecular formula is C12H23N3O4. The van der Waals surface area contributed by atoms with Crippen molar-refractivity contribution in [2.45, 2.75) is 18.9 Å². The third kappa shape index (κ3) is 6.00. The summed E-state index contributed by atoms with van der Waals surface area (Å²) in [6.45, 7) is 3.18. The Kier molecular flexibility index (Phi) is 7.39. The maximum Gasteiger partial charge on any atom is 0.237 e. The van der Waals surface area contributed by atoms with E-state index in [1.54, 1.807) is 12.0 Å². The van der Waals surface area contributed by atoms with Gasteiger partial charge in [-0.1, -0.05) is 0 Å². The Bertz CT molecular complexity index is 293. The first-order chi connectivity index (χ1) is 9.15. The van der Waals surface area contributed by atoms with Crippen molar-refractivity contribution in [2.75, 3.05) is 46.6 Å². The Hall–Kier alpha value is -1.18. The zero-order valence-corrected chi connectivity index (χ0v) is 11.4. The molecule has 0 aromatic heterocycles. The van der Waals surface area contributed by atoms with Gasteiger partial charge in [-0.25, -0.2) is 0 Å². The summed E-state index contributed by atoms with van der Waals surface area (Å²) in [6, 6.07) is -0.585. The minimum absolute atomic E-state index is 0.0362. The van der Waals surface area contributed by atoms with Crippen LogP contribution in [-0.2, 0) is 19.1 Å². The highest BCUT2D eigenvalue weighted by Crippen LogP contribution is 1.99.